The molecule has 0 saturated heterocycles. The van der Waals surface area contributed by atoms with Crippen LogP contribution in [0.1, 0.15) is 53.1 Å². The van der Waals surface area contributed by atoms with E-state index in [-0.39, 0.29) is 23.8 Å². The molecule has 1 aromatic heterocycles. The van der Waals surface area contributed by atoms with E-state index in [1.807, 2.05) is 56.3 Å². The van der Waals surface area contributed by atoms with Crippen LogP contribution in [0.5, 0.6) is 0 Å². The molecule has 0 atom stereocenters. The molecule has 3 aromatic carbocycles. The molecule has 7 heteroatoms. The van der Waals surface area contributed by atoms with Gasteiger partial charge in [-0.25, -0.2) is 4.68 Å². The topological polar surface area (TPSA) is 75.2 Å². The molecule has 0 bridgehead atoms. The van der Waals surface area contributed by atoms with Gasteiger partial charge in [-0.05, 0) is 54.3 Å². The summed E-state index contributed by atoms with van der Waals surface area (Å²) in [6.45, 7) is 4.16. The van der Waals surface area contributed by atoms with Crippen molar-refractivity contribution in [1.82, 2.24) is 14.7 Å². The Bertz CT molecular complexity index is 1440. The van der Waals surface area contributed by atoms with E-state index in [1.54, 1.807) is 41.3 Å². The Kier molecular flexibility index (Phi) is 8.41. The number of aryl methyl sites for hydroxylation is 1. The van der Waals surface area contributed by atoms with Gasteiger partial charge >= 0.3 is 0 Å². The van der Waals surface area contributed by atoms with Crippen molar-refractivity contribution in [1.29, 1.82) is 0 Å². The maximum absolute atomic E-state index is 13.5. The summed E-state index contributed by atoms with van der Waals surface area (Å²) >= 11 is 6.10. The van der Waals surface area contributed by atoms with Crippen molar-refractivity contribution in [3.05, 3.63) is 111 Å². The Hall–Kier alpha value is -3.90. The highest BCUT2D eigenvalue weighted by Gasteiger charge is 2.25. The summed E-state index contributed by atoms with van der Waals surface area (Å²) in [5, 5.41) is 3.53. The lowest BCUT2D eigenvalue weighted by atomic mass is 10.0. The third-order valence-corrected chi connectivity index (χ3v) is 6.54. The molecule has 0 unspecified atom stereocenters. The number of hydrogen-bond acceptors (Lipinski definition) is 3. The number of amides is 1. The van der Waals surface area contributed by atoms with Crippen LogP contribution in [0.15, 0.2) is 83.7 Å². The van der Waals surface area contributed by atoms with Gasteiger partial charge in [0.25, 0.3) is 11.5 Å². The van der Waals surface area contributed by atoms with Gasteiger partial charge < -0.3 is 4.90 Å². The quantitative estimate of drug-likeness (QED) is 0.256. The first-order valence-electron chi connectivity index (χ1n) is 12.5. The summed E-state index contributed by atoms with van der Waals surface area (Å²) < 4.78 is 1.33. The number of carbonyl (C=O) groups excluding carboxylic acids is 2. The molecule has 6 nitrogen and oxygen atoms in total. The molecule has 0 aliphatic rings. The second-order valence-electron chi connectivity index (χ2n) is 8.89. The van der Waals surface area contributed by atoms with Gasteiger partial charge in [0, 0.05) is 22.8 Å². The van der Waals surface area contributed by atoms with Gasteiger partial charge in [0.15, 0.2) is 5.78 Å². The molecule has 0 fully saturated rings. The first kappa shape index (κ1) is 26.2. The smallest absolute Gasteiger partial charge is 0.282 e. The second kappa shape index (κ2) is 11.9. The highest BCUT2D eigenvalue weighted by Crippen LogP contribution is 2.20. The van der Waals surface area contributed by atoms with E-state index >= 15 is 0 Å². The third-order valence-electron chi connectivity index (χ3n) is 6.31. The van der Waals surface area contributed by atoms with Crippen molar-refractivity contribution in [3.8, 4) is 16.8 Å². The standard InChI is InChI=1S/C30H30ClN3O3/c1-3-5-18-33(29(36)23-16-14-22(15-17-23)21-10-7-6-8-11-21)20-27(35)28-26(4-2)32-34(30(28)37)25-13-9-12-24(31)19-25/h6-17,19,32H,3-5,18,20H2,1-2H3. The number of nitrogens with one attached hydrogen (secondary N) is 1. The predicted molar refractivity (Wildman–Crippen MR) is 148 cm³/mol. The Balaban J connectivity index is 1.60. The highest BCUT2D eigenvalue weighted by molar-refractivity contribution is 6.30. The van der Waals surface area contributed by atoms with E-state index in [9.17, 15) is 14.4 Å². The fraction of sp³-hybridized carbons (Fsp3) is 0.233. The lowest BCUT2D eigenvalue weighted by molar-refractivity contribution is 0.0706. The van der Waals surface area contributed by atoms with E-state index in [0.717, 1.165) is 24.0 Å². The molecule has 1 amide bonds. The van der Waals surface area contributed by atoms with Crippen LogP contribution < -0.4 is 5.56 Å². The van der Waals surface area contributed by atoms with Crippen LogP contribution in [0.3, 0.4) is 0 Å². The van der Waals surface area contributed by atoms with E-state index in [2.05, 4.69) is 5.10 Å². The fourth-order valence-electron chi connectivity index (χ4n) is 4.30. The number of hydrogen-bond donors (Lipinski definition) is 1. The summed E-state index contributed by atoms with van der Waals surface area (Å²) in [6.07, 6.45) is 2.09. The average Bonchev–Trinajstić information content (AvgIpc) is 3.27. The molecule has 1 N–H and O–H groups in total. The summed E-state index contributed by atoms with van der Waals surface area (Å²) in [6, 6.07) is 24.2. The van der Waals surface area contributed by atoms with Gasteiger partial charge in [-0.15, -0.1) is 0 Å². The van der Waals surface area contributed by atoms with Crippen LogP contribution in [0.4, 0.5) is 0 Å². The van der Waals surface area contributed by atoms with Crippen LogP contribution in [0.25, 0.3) is 16.8 Å². The van der Waals surface area contributed by atoms with Crippen LogP contribution in [0, 0.1) is 0 Å². The van der Waals surface area contributed by atoms with Gasteiger partial charge in [-0.1, -0.05) is 80.4 Å². The SMILES string of the molecule is CCCCN(CC(=O)c1c(CC)[nH]n(-c2cccc(Cl)c2)c1=O)C(=O)c1ccc(-c2ccccc2)cc1. The zero-order valence-electron chi connectivity index (χ0n) is 21.0. The number of nitrogens with zero attached hydrogens (tertiary/aromatic N) is 2. The molecule has 0 aliphatic carbocycles. The number of Topliss-reactive ketones (excluding diaryl/α,β-unsaturated/α-hetero) is 1. The molecule has 37 heavy (non-hydrogen) atoms. The number of aromatic amines is 1. The van der Waals surface area contributed by atoms with Gasteiger partial charge in [-0.3, -0.25) is 19.5 Å². The molecule has 0 aliphatic heterocycles. The molecule has 1 heterocycles. The van der Waals surface area contributed by atoms with Crippen molar-refractivity contribution >= 4 is 23.3 Å². The number of aromatic nitrogens is 2. The number of carbonyl (C=O) groups is 2. The van der Waals surface area contributed by atoms with Crippen molar-refractivity contribution < 1.29 is 9.59 Å². The molecule has 190 valence electrons. The van der Waals surface area contributed by atoms with Gasteiger partial charge in [0.05, 0.1) is 12.2 Å². The summed E-state index contributed by atoms with van der Waals surface area (Å²) in [5.41, 5.74) is 3.29. The van der Waals surface area contributed by atoms with Crippen molar-refractivity contribution in [2.45, 2.75) is 33.1 Å². The minimum Gasteiger partial charge on any atom is -0.331 e. The number of halogens is 1. The average molecular weight is 516 g/mol. The first-order chi connectivity index (χ1) is 17.9. The molecule has 0 saturated carbocycles. The minimum absolute atomic E-state index is 0.0798. The van der Waals surface area contributed by atoms with Crippen LogP contribution in [-0.4, -0.2) is 39.5 Å². The van der Waals surface area contributed by atoms with E-state index < -0.39 is 5.56 Å². The van der Waals surface area contributed by atoms with Crippen molar-refractivity contribution in [2.24, 2.45) is 0 Å². The maximum Gasteiger partial charge on any atom is 0.282 e. The molecule has 0 radical (unpaired) electrons. The summed E-state index contributed by atoms with van der Waals surface area (Å²) in [7, 11) is 0. The second-order valence-corrected chi connectivity index (χ2v) is 9.32. The number of benzene rings is 3. The molecule has 4 aromatic rings. The van der Waals surface area contributed by atoms with Crippen LogP contribution >= 0.6 is 11.6 Å². The number of rotatable bonds is 10. The Morgan fingerprint density at radius 3 is 2.27 bits per heavy atom. The van der Waals surface area contributed by atoms with Crippen LogP contribution in [0.2, 0.25) is 5.02 Å². The minimum atomic E-state index is -0.445. The highest BCUT2D eigenvalue weighted by atomic mass is 35.5. The molecule has 0 spiro atoms. The van der Waals surface area contributed by atoms with Gasteiger partial charge in [-0.2, -0.15) is 0 Å². The lowest BCUT2D eigenvalue weighted by Gasteiger charge is -2.22. The maximum atomic E-state index is 13.5. The molecular formula is C30H30ClN3O3. The largest absolute Gasteiger partial charge is 0.331 e. The van der Waals surface area contributed by atoms with E-state index in [1.165, 1.54) is 4.68 Å². The predicted octanol–water partition coefficient (Wildman–Crippen LogP) is 6.17. The monoisotopic (exact) mass is 515 g/mol. The zero-order valence-corrected chi connectivity index (χ0v) is 21.8. The Morgan fingerprint density at radius 1 is 0.919 bits per heavy atom. The normalized spacial score (nSPS) is 10.9. The molecule has 4 rings (SSSR count). The number of unbranched alkanes of at least 4 members (excludes halogenated alkanes) is 1. The van der Waals surface area contributed by atoms with E-state index in [4.69, 9.17) is 11.6 Å². The summed E-state index contributed by atoms with van der Waals surface area (Å²) in [5.74, 6) is -0.616. The van der Waals surface area contributed by atoms with Crippen LogP contribution in [-0.2, 0) is 6.42 Å². The summed E-state index contributed by atoms with van der Waals surface area (Å²) in [4.78, 5) is 41.7. The molecular weight excluding hydrogens is 486 g/mol. The lowest BCUT2D eigenvalue weighted by Crippen LogP contribution is -2.38. The van der Waals surface area contributed by atoms with Gasteiger partial charge in [0.2, 0.25) is 0 Å². The van der Waals surface area contributed by atoms with Crippen molar-refractivity contribution in [3.63, 3.8) is 0 Å². The fourth-order valence-corrected chi connectivity index (χ4v) is 4.48. The zero-order chi connectivity index (χ0) is 26.4. The van der Waals surface area contributed by atoms with Gasteiger partial charge in [0.1, 0.15) is 5.56 Å². The number of H-pyrrole nitrogens is 1. The Labute approximate surface area is 221 Å². The van der Waals surface area contributed by atoms with E-state index in [0.29, 0.717) is 34.9 Å². The first-order valence-corrected chi connectivity index (χ1v) is 12.9. The van der Waals surface area contributed by atoms with Crippen molar-refractivity contribution in [2.75, 3.05) is 13.1 Å². The third kappa shape index (κ3) is 5.92. The number of ketones is 1. The Morgan fingerprint density at radius 2 is 1.62 bits per heavy atom.